The second-order valence-corrected chi connectivity index (χ2v) is 13.7. The van der Waals surface area contributed by atoms with Gasteiger partial charge < -0.3 is 65.2 Å². The third-order valence-corrected chi connectivity index (χ3v) is 10.6. The highest BCUT2D eigenvalue weighted by Gasteiger charge is 2.52. The molecule has 6 rings (SSSR count). The predicted molar refractivity (Wildman–Crippen MR) is 181 cm³/mol. The third kappa shape index (κ3) is 7.19. The van der Waals surface area contributed by atoms with Crippen molar-refractivity contribution < 1.29 is 60.2 Å². The summed E-state index contributed by atoms with van der Waals surface area (Å²) in [7, 11) is 0. The number of hydrogen-bond donors (Lipinski definition) is 10. The van der Waals surface area contributed by atoms with E-state index in [0.29, 0.717) is 23.8 Å². The molecule has 11 atom stereocenters. The lowest BCUT2D eigenvalue weighted by Crippen LogP contribution is -2.67. The maximum Gasteiger partial charge on any atom is 0.248 e. The molecule has 3 heterocycles. The zero-order chi connectivity index (χ0) is 36.7. The van der Waals surface area contributed by atoms with E-state index in [2.05, 4.69) is 31.0 Å². The van der Waals surface area contributed by atoms with Gasteiger partial charge in [-0.2, -0.15) is 0 Å². The fourth-order valence-corrected chi connectivity index (χ4v) is 7.80. The quantitative estimate of drug-likeness (QED) is 0.108. The molecule has 1 unspecified atom stereocenters. The SMILES string of the molecule is CCc1cc2c(cc1CC)CC(N(C[C@H](O)c1ccc(O)c3[nH]c(=O)ccc13)C1O[C@H](CO)[C@@H](O[C@@H]3O[C@H](CO)[C@H](O)[C@H](O)[C@H]3O)[C@H](O)[C@H]1O)C2. The first-order chi connectivity index (χ1) is 24.4. The van der Waals surface area contributed by atoms with Crippen molar-refractivity contribution in [2.75, 3.05) is 19.8 Å². The number of ether oxygens (including phenoxy) is 3. The minimum atomic E-state index is -1.80. The molecule has 3 aromatic rings. The monoisotopic (exact) mass is 716 g/mol. The highest BCUT2D eigenvalue weighted by Crippen LogP contribution is 2.37. The Morgan fingerprint density at radius 1 is 0.843 bits per heavy atom. The summed E-state index contributed by atoms with van der Waals surface area (Å²) in [6.45, 7) is 2.63. The van der Waals surface area contributed by atoms with Crippen LogP contribution in [0.25, 0.3) is 10.9 Å². The lowest BCUT2D eigenvalue weighted by molar-refractivity contribution is -0.350. The number of aromatic amines is 1. The lowest BCUT2D eigenvalue weighted by Gasteiger charge is -2.49. The molecule has 2 aromatic carbocycles. The summed E-state index contributed by atoms with van der Waals surface area (Å²) in [6, 6.07) is 9.70. The zero-order valence-corrected chi connectivity index (χ0v) is 28.4. The Labute approximate surface area is 293 Å². The molecule has 2 aliphatic heterocycles. The molecule has 1 aliphatic carbocycles. The Balaban J connectivity index is 1.32. The fraction of sp³-hybridized carbons (Fsp3) is 0.583. The summed E-state index contributed by atoms with van der Waals surface area (Å²) in [5.74, 6) is -0.175. The minimum absolute atomic E-state index is 0.135. The lowest BCUT2D eigenvalue weighted by atomic mass is 9.94. The van der Waals surface area contributed by atoms with Crippen molar-refractivity contribution in [3.8, 4) is 5.75 Å². The number of pyridine rings is 1. The van der Waals surface area contributed by atoms with Crippen LogP contribution in [0.5, 0.6) is 5.75 Å². The number of phenolic OH excluding ortho intramolecular Hbond substituents is 1. The molecular weight excluding hydrogens is 668 g/mol. The van der Waals surface area contributed by atoms with Crippen LogP contribution in [0.3, 0.4) is 0 Å². The van der Waals surface area contributed by atoms with E-state index in [9.17, 15) is 50.8 Å². The zero-order valence-electron chi connectivity index (χ0n) is 28.4. The first-order valence-corrected chi connectivity index (χ1v) is 17.4. The molecule has 2 saturated heterocycles. The number of benzene rings is 2. The van der Waals surface area contributed by atoms with Gasteiger partial charge in [0.1, 0.15) is 60.8 Å². The van der Waals surface area contributed by atoms with E-state index >= 15 is 0 Å². The Hall–Kier alpha value is -3.03. The number of nitrogens with zero attached hydrogens (tertiary/aromatic N) is 1. The van der Waals surface area contributed by atoms with E-state index in [1.807, 2.05) is 0 Å². The van der Waals surface area contributed by atoms with Crippen LogP contribution in [0.1, 0.15) is 47.8 Å². The van der Waals surface area contributed by atoms with E-state index in [1.54, 1.807) is 4.90 Å². The van der Waals surface area contributed by atoms with Crippen molar-refractivity contribution in [3.05, 3.63) is 74.6 Å². The van der Waals surface area contributed by atoms with Gasteiger partial charge >= 0.3 is 0 Å². The van der Waals surface area contributed by atoms with Crippen LogP contribution >= 0.6 is 0 Å². The highest BCUT2D eigenvalue weighted by atomic mass is 16.7. The van der Waals surface area contributed by atoms with Crippen molar-refractivity contribution in [1.82, 2.24) is 9.88 Å². The molecule has 280 valence electrons. The molecule has 0 saturated carbocycles. The number of rotatable bonds is 11. The van der Waals surface area contributed by atoms with Crippen molar-refractivity contribution in [2.45, 2.75) is 113 Å². The number of H-pyrrole nitrogens is 1. The number of nitrogens with one attached hydrogen (secondary N) is 1. The Morgan fingerprint density at radius 2 is 1.49 bits per heavy atom. The molecule has 0 amide bonds. The fourth-order valence-electron chi connectivity index (χ4n) is 7.80. The van der Waals surface area contributed by atoms with Crippen LogP contribution in [0.15, 0.2) is 41.2 Å². The summed E-state index contributed by atoms with van der Waals surface area (Å²) in [6.07, 6.45) is -14.2. The van der Waals surface area contributed by atoms with Crippen molar-refractivity contribution in [3.63, 3.8) is 0 Å². The molecule has 1 aromatic heterocycles. The van der Waals surface area contributed by atoms with Crippen LogP contribution in [0, 0.1) is 0 Å². The average Bonchev–Trinajstić information content (AvgIpc) is 3.55. The molecule has 0 radical (unpaired) electrons. The molecular formula is C36H48N2O13. The number of phenols is 1. The van der Waals surface area contributed by atoms with E-state index in [0.717, 1.165) is 24.0 Å². The summed E-state index contributed by atoms with van der Waals surface area (Å²) in [5.41, 5.74) is 4.77. The van der Waals surface area contributed by atoms with Gasteiger partial charge in [0.25, 0.3) is 0 Å². The normalized spacial score (nSPS) is 32.1. The topological polar surface area (TPSA) is 246 Å². The van der Waals surface area contributed by atoms with Crippen LogP contribution in [-0.4, -0.2) is 143 Å². The number of aliphatic hydroxyl groups is 8. The van der Waals surface area contributed by atoms with Crippen LogP contribution in [0.4, 0.5) is 0 Å². The van der Waals surface area contributed by atoms with Crippen LogP contribution < -0.4 is 5.56 Å². The number of aryl methyl sites for hydroxylation is 2. The molecule has 0 bridgehead atoms. The molecule has 15 heteroatoms. The van der Waals surface area contributed by atoms with Crippen molar-refractivity contribution in [2.24, 2.45) is 0 Å². The summed E-state index contributed by atoms with van der Waals surface area (Å²) in [4.78, 5) is 16.4. The van der Waals surface area contributed by atoms with Crippen LogP contribution in [0.2, 0.25) is 0 Å². The number of aromatic nitrogens is 1. The molecule has 51 heavy (non-hydrogen) atoms. The third-order valence-electron chi connectivity index (χ3n) is 10.6. The molecule has 2 fully saturated rings. The van der Waals surface area contributed by atoms with Gasteiger partial charge in [0.15, 0.2) is 6.29 Å². The second kappa shape index (κ2) is 15.5. The molecule has 0 spiro atoms. The molecule has 10 N–H and O–H groups in total. The number of aromatic hydroxyl groups is 1. The summed E-state index contributed by atoms with van der Waals surface area (Å²) in [5, 5.41) is 96.9. The number of aliphatic hydroxyl groups excluding tert-OH is 8. The van der Waals surface area contributed by atoms with Crippen LogP contribution in [-0.2, 0) is 39.9 Å². The average molecular weight is 717 g/mol. The van der Waals surface area contributed by atoms with Gasteiger partial charge in [0, 0.05) is 24.0 Å². The van der Waals surface area contributed by atoms with Gasteiger partial charge in [-0.3, -0.25) is 9.69 Å². The number of fused-ring (bicyclic) bond motifs is 2. The first kappa shape index (κ1) is 37.7. The maximum atomic E-state index is 12.0. The van der Waals surface area contributed by atoms with Gasteiger partial charge in [-0.05, 0) is 65.6 Å². The smallest absolute Gasteiger partial charge is 0.248 e. The summed E-state index contributed by atoms with van der Waals surface area (Å²) < 4.78 is 17.5. The van der Waals surface area contributed by atoms with Crippen molar-refractivity contribution in [1.29, 1.82) is 0 Å². The Kier molecular flexibility index (Phi) is 11.5. The largest absolute Gasteiger partial charge is 0.506 e. The van der Waals surface area contributed by atoms with Gasteiger partial charge in [-0.15, -0.1) is 0 Å². The minimum Gasteiger partial charge on any atom is -0.506 e. The second-order valence-electron chi connectivity index (χ2n) is 13.7. The van der Waals surface area contributed by atoms with Gasteiger partial charge in [-0.25, -0.2) is 0 Å². The summed E-state index contributed by atoms with van der Waals surface area (Å²) >= 11 is 0. The van der Waals surface area contributed by atoms with Crippen molar-refractivity contribution >= 4 is 10.9 Å². The van der Waals surface area contributed by atoms with E-state index in [1.165, 1.54) is 35.4 Å². The standard InChI is InChI=1S/C36H48N2O13/c1-3-16-9-18-11-20(12-19(18)10-17(16)4-2)38(13-24(42)21-5-7-23(41)28-22(21)6-8-27(43)37-28)35-32(47)31(46)34(26(15-40)49-35)51-36-33(48)30(45)29(44)25(14-39)50-36/h5-10,20,24-26,29-36,39-42,44-48H,3-4,11-15H2,1-2H3,(H,37,43)/t24-,25+,26+,29-,30-,31+,32+,33+,34+,35?,36-/m0/s1. The molecule has 15 nitrogen and oxygen atoms in total. The highest BCUT2D eigenvalue weighted by molar-refractivity contribution is 5.87. The molecule has 3 aliphatic rings. The van der Waals surface area contributed by atoms with Gasteiger partial charge in [0.05, 0.1) is 24.8 Å². The van der Waals surface area contributed by atoms with Gasteiger partial charge in [0.2, 0.25) is 5.56 Å². The Bertz CT molecular complexity index is 1700. The Morgan fingerprint density at radius 3 is 2.10 bits per heavy atom. The maximum absolute atomic E-state index is 12.0. The first-order valence-electron chi connectivity index (χ1n) is 17.4. The van der Waals surface area contributed by atoms with Gasteiger partial charge in [-0.1, -0.05) is 32.0 Å². The van der Waals surface area contributed by atoms with E-state index < -0.39 is 86.2 Å². The predicted octanol–water partition coefficient (Wildman–Crippen LogP) is -1.51. The van der Waals surface area contributed by atoms with E-state index in [4.69, 9.17) is 14.2 Å². The van der Waals surface area contributed by atoms with E-state index in [-0.39, 0.29) is 23.9 Å². The number of hydrogen-bond acceptors (Lipinski definition) is 14.